The summed E-state index contributed by atoms with van der Waals surface area (Å²) in [4.78, 5) is 0. The van der Waals surface area contributed by atoms with Crippen LogP contribution < -0.4 is 10.6 Å². The zero-order valence-electron chi connectivity index (χ0n) is 11.8. The predicted octanol–water partition coefficient (Wildman–Crippen LogP) is 3.72. The van der Waals surface area contributed by atoms with Crippen LogP contribution in [0.3, 0.4) is 0 Å². The van der Waals surface area contributed by atoms with Crippen LogP contribution in [0.1, 0.15) is 11.1 Å². The van der Waals surface area contributed by atoms with Crippen LogP contribution in [0.5, 0.6) is 5.75 Å². The topological polar surface area (TPSA) is 53.5 Å². The molecule has 0 saturated heterocycles. The summed E-state index contributed by atoms with van der Waals surface area (Å²) in [5.74, 6) is 0.542. The second-order valence-corrected chi connectivity index (χ2v) is 4.94. The highest BCUT2D eigenvalue weighted by Crippen LogP contribution is 2.31. The predicted molar refractivity (Wildman–Crippen MR) is 79.2 cm³/mol. The molecule has 1 aliphatic heterocycles. The number of nitrogens with one attached hydrogen (secondary N) is 2. The molecule has 120 valence electrons. The van der Waals surface area contributed by atoms with E-state index in [2.05, 4.69) is 10.6 Å². The minimum absolute atomic E-state index is 0.115. The van der Waals surface area contributed by atoms with E-state index in [9.17, 15) is 18.3 Å². The van der Waals surface area contributed by atoms with E-state index in [1.165, 1.54) is 18.2 Å². The molecule has 0 bridgehead atoms. The highest BCUT2D eigenvalue weighted by molar-refractivity contribution is 5.62. The minimum atomic E-state index is -4.36. The van der Waals surface area contributed by atoms with E-state index in [0.29, 0.717) is 17.0 Å². The van der Waals surface area contributed by atoms with Crippen molar-refractivity contribution in [3.05, 3.63) is 65.9 Å². The molecule has 0 radical (unpaired) electrons. The van der Waals surface area contributed by atoms with Gasteiger partial charge in [0.2, 0.25) is 6.35 Å². The van der Waals surface area contributed by atoms with Gasteiger partial charge in [-0.25, -0.2) is 0 Å². The van der Waals surface area contributed by atoms with Gasteiger partial charge in [0.15, 0.2) is 0 Å². The number of anilines is 1. The van der Waals surface area contributed by atoms with E-state index in [1.807, 2.05) is 0 Å². The van der Waals surface area contributed by atoms with Crippen LogP contribution in [-0.2, 0) is 10.9 Å². The molecule has 0 fully saturated rings. The van der Waals surface area contributed by atoms with E-state index in [1.54, 1.807) is 24.4 Å². The molecule has 4 nitrogen and oxygen atoms in total. The number of phenolic OH excluding ortho intramolecular Hbond substituents is 1. The molecule has 1 heterocycles. The highest BCUT2D eigenvalue weighted by Gasteiger charge is 2.30. The van der Waals surface area contributed by atoms with Crippen LogP contribution in [0.4, 0.5) is 18.9 Å². The molecule has 1 atom stereocenters. The first-order valence-electron chi connectivity index (χ1n) is 6.78. The fourth-order valence-electron chi connectivity index (χ4n) is 2.14. The summed E-state index contributed by atoms with van der Waals surface area (Å²) in [6, 6.07) is 11.2. The minimum Gasteiger partial charge on any atom is -0.508 e. The molecule has 0 amide bonds. The first-order valence-corrected chi connectivity index (χ1v) is 6.78. The Balaban J connectivity index is 1.65. The molecule has 7 heteroatoms. The molecule has 3 rings (SSSR count). The molecule has 3 N–H and O–H groups in total. The van der Waals surface area contributed by atoms with Crippen molar-refractivity contribution < 1.29 is 23.0 Å². The number of rotatable bonds is 3. The third kappa shape index (κ3) is 3.50. The van der Waals surface area contributed by atoms with Crippen LogP contribution in [0.15, 0.2) is 54.7 Å². The molecule has 0 aliphatic carbocycles. The quantitative estimate of drug-likeness (QED) is 0.806. The lowest BCUT2D eigenvalue weighted by molar-refractivity contribution is -0.137. The number of hydrogen-bond donors (Lipinski definition) is 3. The molecule has 2 aromatic rings. The molecule has 0 spiro atoms. The standard InChI is InChI=1S/C16H13F3N2O2/c17-16(18,19)11-6-4-10(5-7-11)14-9-20-15(23-14)21-12-2-1-3-13(22)8-12/h1-9,15,20-22H. The van der Waals surface area contributed by atoms with E-state index < -0.39 is 18.1 Å². The van der Waals surface area contributed by atoms with Crippen molar-refractivity contribution in [3.8, 4) is 5.75 Å². The normalized spacial score (nSPS) is 17.2. The van der Waals surface area contributed by atoms with Crippen molar-refractivity contribution in [2.45, 2.75) is 12.5 Å². The maximum absolute atomic E-state index is 12.5. The van der Waals surface area contributed by atoms with Gasteiger partial charge < -0.3 is 20.5 Å². The molecular formula is C16H13F3N2O2. The van der Waals surface area contributed by atoms with Crippen LogP contribution >= 0.6 is 0 Å². The average Bonchev–Trinajstić information content (AvgIpc) is 2.95. The molecule has 23 heavy (non-hydrogen) atoms. The number of aromatic hydroxyl groups is 1. The largest absolute Gasteiger partial charge is 0.508 e. The molecule has 1 aliphatic rings. The number of halogens is 3. The van der Waals surface area contributed by atoms with Crippen molar-refractivity contribution in [2.75, 3.05) is 5.32 Å². The Labute approximate surface area is 130 Å². The molecule has 0 saturated carbocycles. The summed E-state index contributed by atoms with van der Waals surface area (Å²) in [6.45, 7) is 0. The monoisotopic (exact) mass is 322 g/mol. The second-order valence-electron chi connectivity index (χ2n) is 4.94. The van der Waals surface area contributed by atoms with Crippen molar-refractivity contribution in [1.29, 1.82) is 0 Å². The lowest BCUT2D eigenvalue weighted by Gasteiger charge is -2.16. The first kappa shape index (κ1) is 15.1. The molecule has 0 aromatic heterocycles. The Morgan fingerprint density at radius 2 is 1.83 bits per heavy atom. The lowest BCUT2D eigenvalue weighted by atomic mass is 10.1. The van der Waals surface area contributed by atoms with Crippen LogP contribution in [0.25, 0.3) is 5.76 Å². The average molecular weight is 322 g/mol. The van der Waals surface area contributed by atoms with Gasteiger partial charge in [0, 0.05) is 23.5 Å². The maximum Gasteiger partial charge on any atom is 0.416 e. The van der Waals surface area contributed by atoms with Gasteiger partial charge in [-0.15, -0.1) is 0 Å². The van der Waals surface area contributed by atoms with E-state index in [4.69, 9.17) is 4.74 Å². The maximum atomic E-state index is 12.5. The van der Waals surface area contributed by atoms with Crippen LogP contribution in [0, 0.1) is 0 Å². The summed E-state index contributed by atoms with van der Waals surface area (Å²) in [5, 5.41) is 15.3. The number of phenols is 1. The van der Waals surface area contributed by atoms with Gasteiger partial charge in [0.05, 0.1) is 5.56 Å². The van der Waals surface area contributed by atoms with Gasteiger partial charge in [-0.2, -0.15) is 13.2 Å². The summed E-state index contributed by atoms with van der Waals surface area (Å²) >= 11 is 0. The lowest BCUT2D eigenvalue weighted by Crippen LogP contribution is -2.30. The second kappa shape index (κ2) is 5.75. The van der Waals surface area contributed by atoms with E-state index >= 15 is 0 Å². The Morgan fingerprint density at radius 1 is 1.09 bits per heavy atom. The Morgan fingerprint density at radius 3 is 2.48 bits per heavy atom. The van der Waals surface area contributed by atoms with Gasteiger partial charge in [-0.1, -0.05) is 18.2 Å². The third-order valence-electron chi connectivity index (χ3n) is 3.25. The zero-order chi connectivity index (χ0) is 16.4. The van der Waals surface area contributed by atoms with Gasteiger partial charge in [0.25, 0.3) is 0 Å². The highest BCUT2D eigenvalue weighted by atomic mass is 19.4. The number of benzene rings is 2. The van der Waals surface area contributed by atoms with Crippen LogP contribution in [-0.4, -0.2) is 11.5 Å². The number of ether oxygens (including phenoxy) is 1. The van der Waals surface area contributed by atoms with Crippen molar-refractivity contribution >= 4 is 11.4 Å². The van der Waals surface area contributed by atoms with Crippen molar-refractivity contribution in [2.24, 2.45) is 0 Å². The Hall–Kier alpha value is -2.83. The van der Waals surface area contributed by atoms with E-state index in [-0.39, 0.29) is 5.75 Å². The van der Waals surface area contributed by atoms with Gasteiger partial charge in [0.1, 0.15) is 11.5 Å². The number of hydrogen-bond acceptors (Lipinski definition) is 4. The smallest absolute Gasteiger partial charge is 0.416 e. The molecular weight excluding hydrogens is 309 g/mol. The fourth-order valence-corrected chi connectivity index (χ4v) is 2.14. The SMILES string of the molecule is Oc1cccc(NC2NC=C(c3ccc(C(F)(F)F)cc3)O2)c1. The summed E-state index contributed by atoms with van der Waals surface area (Å²) < 4.78 is 43.2. The number of alkyl halides is 3. The Bertz CT molecular complexity index is 727. The van der Waals surface area contributed by atoms with Gasteiger partial charge in [-0.05, 0) is 24.3 Å². The van der Waals surface area contributed by atoms with Gasteiger partial charge >= 0.3 is 6.18 Å². The molecule has 2 aromatic carbocycles. The van der Waals surface area contributed by atoms with Crippen molar-refractivity contribution in [1.82, 2.24) is 5.32 Å². The zero-order valence-corrected chi connectivity index (χ0v) is 11.8. The van der Waals surface area contributed by atoms with Gasteiger partial charge in [-0.3, -0.25) is 0 Å². The summed E-state index contributed by atoms with van der Waals surface area (Å²) in [6.07, 6.45) is -3.36. The van der Waals surface area contributed by atoms with Crippen LogP contribution in [0.2, 0.25) is 0 Å². The van der Waals surface area contributed by atoms with E-state index in [0.717, 1.165) is 12.1 Å². The van der Waals surface area contributed by atoms with Crippen molar-refractivity contribution in [3.63, 3.8) is 0 Å². The summed E-state index contributed by atoms with van der Waals surface area (Å²) in [5.41, 5.74) is 0.470. The molecule has 1 unspecified atom stereocenters. The Kier molecular flexibility index (Phi) is 3.77. The summed E-state index contributed by atoms with van der Waals surface area (Å²) in [7, 11) is 0. The fraction of sp³-hybridized carbons (Fsp3) is 0.125. The first-order chi connectivity index (χ1) is 10.9. The third-order valence-corrected chi connectivity index (χ3v) is 3.25.